The molecule has 0 saturated heterocycles. The standard InChI is InChI=1S/C11H13NO2S/c1-8(13)9-2-4-10(5-3-9)14-7-6-11(12)15/h2-5H,6-7H2,1H3,(H2,12,15). The van der Waals surface area contributed by atoms with E-state index in [0.717, 1.165) is 5.75 Å². The largest absolute Gasteiger partial charge is 0.493 e. The van der Waals surface area contributed by atoms with Crippen molar-refractivity contribution in [2.45, 2.75) is 13.3 Å². The van der Waals surface area contributed by atoms with Gasteiger partial charge in [-0.1, -0.05) is 12.2 Å². The van der Waals surface area contributed by atoms with Gasteiger partial charge < -0.3 is 10.5 Å². The van der Waals surface area contributed by atoms with Crippen LogP contribution in [0.1, 0.15) is 23.7 Å². The smallest absolute Gasteiger partial charge is 0.159 e. The second kappa shape index (κ2) is 5.46. The molecule has 0 aliphatic carbocycles. The molecule has 1 rings (SSSR count). The van der Waals surface area contributed by atoms with E-state index in [4.69, 9.17) is 22.7 Å². The Labute approximate surface area is 94.2 Å². The zero-order valence-electron chi connectivity index (χ0n) is 8.53. The van der Waals surface area contributed by atoms with Gasteiger partial charge in [0.05, 0.1) is 11.6 Å². The third-order valence-corrected chi connectivity index (χ3v) is 2.08. The molecule has 3 nitrogen and oxygen atoms in total. The van der Waals surface area contributed by atoms with E-state index in [1.807, 2.05) is 0 Å². The number of carbonyl (C=O) groups excluding carboxylic acids is 1. The Morgan fingerprint density at radius 3 is 2.47 bits per heavy atom. The molecule has 1 aromatic carbocycles. The summed E-state index contributed by atoms with van der Waals surface area (Å²) in [5.74, 6) is 0.765. The number of ketones is 1. The Morgan fingerprint density at radius 2 is 2.00 bits per heavy atom. The van der Waals surface area contributed by atoms with Crippen LogP contribution in [0.5, 0.6) is 5.75 Å². The number of rotatable bonds is 5. The van der Waals surface area contributed by atoms with Gasteiger partial charge in [-0.2, -0.15) is 0 Å². The molecule has 4 heteroatoms. The SMILES string of the molecule is CC(=O)c1ccc(OCCC(N)=S)cc1. The molecule has 2 N–H and O–H groups in total. The Hall–Kier alpha value is -1.42. The molecule has 0 saturated carbocycles. The first-order valence-electron chi connectivity index (χ1n) is 4.61. The highest BCUT2D eigenvalue weighted by Crippen LogP contribution is 2.12. The summed E-state index contributed by atoms with van der Waals surface area (Å²) in [6, 6.07) is 6.99. The monoisotopic (exact) mass is 223 g/mol. The van der Waals surface area contributed by atoms with Crippen molar-refractivity contribution in [1.29, 1.82) is 0 Å². The summed E-state index contributed by atoms with van der Waals surface area (Å²) in [5, 5.41) is 0. The quantitative estimate of drug-likeness (QED) is 0.612. The second-order valence-electron chi connectivity index (χ2n) is 3.15. The molecule has 0 unspecified atom stereocenters. The minimum atomic E-state index is 0.0460. The fourth-order valence-electron chi connectivity index (χ4n) is 1.06. The molecule has 0 spiro atoms. The lowest BCUT2D eigenvalue weighted by atomic mass is 10.1. The van der Waals surface area contributed by atoms with Crippen molar-refractivity contribution in [3.8, 4) is 5.75 Å². The van der Waals surface area contributed by atoms with Gasteiger partial charge in [0.2, 0.25) is 0 Å². The normalized spacial score (nSPS) is 9.67. The lowest BCUT2D eigenvalue weighted by molar-refractivity contribution is 0.101. The number of Topliss-reactive ketones (excluding diaryl/α,β-unsaturated/α-hetero) is 1. The van der Waals surface area contributed by atoms with Crippen LogP contribution in [0.2, 0.25) is 0 Å². The molecule has 0 radical (unpaired) electrons. The summed E-state index contributed by atoms with van der Waals surface area (Å²) in [6.45, 7) is 2.00. The molecular formula is C11H13NO2S. The van der Waals surface area contributed by atoms with Crippen molar-refractivity contribution in [2.24, 2.45) is 5.73 Å². The lowest BCUT2D eigenvalue weighted by Gasteiger charge is -2.05. The maximum absolute atomic E-state index is 11.0. The topological polar surface area (TPSA) is 52.3 Å². The number of ether oxygens (including phenoxy) is 1. The van der Waals surface area contributed by atoms with Crippen molar-refractivity contribution in [3.63, 3.8) is 0 Å². The third-order valence-electron chi connectivity index (χ3n) is 1.88. The Morgan fingerprint density at radius 1 is 1.40 bits per heavy atom. The summed E-state index contributed by atoms with van der Waals surface area (Å²) in [6.07, 6.45) is 0.559. The van der Waals surface area contributed by atoms with Crippen LogP contribution >= 0.6 is 12.2 Å². The molecule has 80 valence electrons. The van der Waals surface area contributed by atoms with Gasteiger partial charge in [-0.25, -0.2) is 0 Å². The molecule has 0 bridgehead atoms. The molecule has 0 aliphatic heterocycles. The van der Waals surface area contributed by atoms with Crippen molar-refractivity contribution >= 4 is 23.0 Å². The first-order chi connectivity index (χ1) is 7.09. The van der Waals surface area contributed by atoms with Crippen molar-refractivity contribution in [2.75, 3.05) is 6.61 Å². The Kier molecular flexibility index (Phi) is 4.24. The van der Waals surface area contributed by atoms with Crippen LogP contribution in [-0.2, 0) is 0 Å². The predicted octanol–water partition coefficient (Wildman–Crippen LogP) is 1.94. The molecular weight excluding hydrogens is 210 g/mol. The van der Waals surface area contributed by atoms with Gasteiger partial charge in [0.25, 0.3) is 0 Å². The molecule has 0 heterocycles. The maximum atomic E-state index is 11.0. The van der Waals surface area contributed by atoms with Crippen molar-refractivity contribution in [3.05, 3.63) is 29.8 Å². The lowest BCUT2D eigenvalue weighted by Crippen LogP contribution is -2.12. The van der Waals surface area contributed by atoms with Crippen LogP contribution in [0.25, 0.3) is 0 Å². The van der Waals surface area contributed by atoms with E-state index in [0.29, 0.717) is 23.6 Å². The summed E-state index contributed by atoms with van der Waals surface area (Å²) in [7, 11) is 0. The minimum Gasteiger partial charge on any atom is -0.493 e. The summed E-state index contributed by atoms with van der Waals surface area (Å²) in [4.78, 5) is 11.4. The summed E-state index contributed by atoms with van der Waals surface area (Å²) < 4.78 is 5.37. The Balaban J connectivity index is 2.50. The van der Waals surface area contributed by atoms with Gasteiger partial charge >= 0.3 is 0 Å². The second-order valence-corrected chi connectivity index (χ2v) is 3.67. The average molecular weight is 223 g/mol. The van der Waals surface area contributed by atoms with Crippen LogP contribution in [0.15, 0.2) is 24.3 Å². The molecule has 0 aliphatic rings. The van der Waals surface area contributed by atoms with Gasteiger partial charge in [0.15, 0.2) is 5.78 Å². The fraction of sp³-hybridized carbons (Fsp3) is 0.273. The highest BCUT2D eigenvalue weighted by Gasteiger charge is 1.99. The van der Waals surface area contributed by atoms with Crippen LogP contribution in [-0.4, -0.2) is 17.4 Å². The van der Waals surface area contributed by atoms with E-state index in [-0.39, 0.29) is 5.78 Å². The van der Waals surface area contributed by atoms with Gasteiger partial charge in [-0.15, -0.1) is 0 Å². The Bertz CT molecular complexity index is 359. The van der Waals surface area contributed by atoms with Crippen LogP contribution in [0.4, 0.5) is 0 Å². The minimum absolute atomic E-state index is 0.0460. The first kappa shape index (κ1) is 11.7. The fourth-order valence-corrected chi connectivity index (χ4v) is 1.14. The molecule has 0 atom stereocenters. The average Bonchev–Trinajstić information content (AvgIpc) is 2.18. The van der Waals surface area contributed by atoms with Crippen molar-refractivity contribution in [1.82, 2.24) is 0 Å². The van der Waals surface area contributed by atoms with Gasteiger partial charge in [-0.3, -0.25) is 4.79 Å². The van der Waals surface area contributed by atoms with E-state index < -0.39 is 0 Å². The van der Waals surface area contributed by atoms with Crippen molar-refractivity contribution < 1.29 is 9.53 Å². The molecule has 0 aromatic heterocycles. The molecule has 1 aromatic rings. The van der Waals surface area contributed by atoms with Crippen LogP contribution in [0, 0.1) is 0 Å². The van der Waals surface area contributed by atoms with E-state index >= 15 is 0 Å². The van der Waals surface area contributed by atoms with E-state index in [1.54, 1.807) is 24.3 Å². The zero-order chi connectivity index (χ0) is 11.3. The van der Waals surface area contributed by atoms with E-state index in [2.05, 4.69) is 0 Å². The first-order valence-corrected chi connectivity index (χ1v) is 5.02. The zero-order valence-corrected chi connectivity index (χ0v) is 9.34. The number of benzene rings is 1. The maximum Gasteiger partial charge on any atom is 0.159 e. The van der Waals surface area contributed by atoms with E-state index in [1.165, 1.54) is 6.92 Å². The molecule has 0 fully saturated rings. The van der Waals surface area contributed by atoms with Gasteiger partial charge in [0, 0.05) is 12.0 Å². The van der Waals surface area contributed by atoms with E-state index in [9.17, 15) is 4.79 Å². The highest BCUT2D eigenvalue weighted by molar-refractivity contribution is 7.80. The van der Waals surface area contributed by atoms with Gasteiger partial charge in [-0.05, 0) is 31.2 Å². The number of carbonyl (C=O) groups is 1. The molecule has 15 heavy (non-hydrogen) atoms. The van der Waals surface area contributed by atoms with Crippen LogP contribution in [0.3, 0.4) is 0 Å². The highest BCUT2D eigenvalue weighted by atomic mass is 32.1. The van der Waals surface area contributed by atoms with Gasteiger partial charge in [0.1, 0.15) is 5.75 Å². The summed E-state index contributed by atoms with van der Waals surface area (Å²) in [5.41, 5.74) is 6.00. The molecule has 0 amide bonds. The predicted molar refractivity (Wildman–Crippen MR) is 63.3 cm³/mol. The summed E-state index contributed by atoms with van der Waals surface area (Å²) >= 11 is 4.72. The number of hydrogen-bond donors (Lipinski definition) is 1. The number of nitrogens with two attached hydrogens (primary N) is 1. The third kappa shape index (κ3) is 4.08. The number of hydrogen-bond acceptors (Lipinski definition) is 3. The van der Waals surface area contributed by atoms with Crippen LogP contribution < -0.4 is 10.5 Å². The number of thiocarbonyl (C=S) groups is 1.